The zero-order valence-corrected chi connectivity index (χ0v) is 10.6. The van der Waals surface area contributed by atoms with E-state index in [4.69, 9.17) is 0 Å². The maximum Gasteiger partial charge on any atom is 0.220 e. The van der Waals surface area contributed by atoms with Gasteiger partial charge in [-0.1, -0.05) is 6.07 Å². The summed E-state index contributed by atoms with van der Waals surface area (Å²) < 4.78 is 26.9. The van der Waals surface area contributed by atoms with Crippen molar-refractivity contribution in [2.45, 2.75) is 25.8 Å². The number of carbonyl (C=O) groups is 1. The van der Waals surface area contributed by atoms with Crippen molar-refractivity contribution in [3.8, 4) is 0 Å². The second-order valence-electron chi connectivity index (χ2n) is 4.13. The largest absolute Gasteiger partial charge is 0.349 e. The van der Waals surface area contributed by atoms with Crippen LogP contribution in [0, 0.1) is 11.6 Å². The summed E-state index contributed by atoms with van der Waals surface area (Å²) in [5, 5.41) is 5.52. The van der Waals surface area contributed by atoms with E-state index in [-0.39, 0.29) is 11.5 Å². The van der Waals surface area contributed by atoms with Crippen molar-refractivity contribution in [1.82, 2.24) is 10.6 Å². The van der Waals surface area contributed by atoms with Gasteiger partial charge in [0.25, 0.3) is 0 Å². The third kappa shape index (κ3) is 4.07. The Balaban J connectivity index is 2.59. The van der Waals surface area contributed by atoms with Crippen molar-refractivity contribution < 1.29 is 13.6 Å². The first-order valence-corrected chi connectivity index (χ1v) is 5.94. The molecule has 0 saturated heterocycles. The van der Waals surface area contributed by atoms with Crippen LogP contribution in [0.15, 0.2) is 18.2 Å². The van der Waals surface area contributed by atoms with Crippen LogP contribution in [0.4, 0.5) is 8.78 Å². The smallest absolute Gasteiger partial charge is 0.220 e. The number of amides is 1. The van der Waals surface area contributed by atoms with Crippen LogP contribution in [0.1, 0.15) is 31.4 Å². The molecule has 0 heterocycles. The first-order chi connectivity index (χ1) is 8.56. The van der Waals surface area contributed by atoms with Gasteiger partial charge in [-0.05, 0) is 39.1 Å². The van der Waals surface area contributed by atoms with Crippen molar-refractivity contribution in [2.24, 2.45) is 0 Å². The van der Waals surface area contributed by atoms with Crippen LogP contribution in [0.5, 0.6) is 0 Å². The minimum Gasteiger partial charge on any atom is -0.349 e. The summed E-state index contributed by atoms with van der Waals surface area (Å²) in [5.74, 6) is -1.49. The van der Waals surface area contributed by atoms with E-state index in [0.717, 1.165) is 6.54 Å². The van der Waals surface area contributed by atoms with Gasteiger partial charge >= 0.3 is 0 Å². The monoisotopic (exact) mass is 256 g/mol. The summed E-state index contributed by atoms with van der Waals surface area (Å²) in [4.78, 5) is 11.5. The highest BCUT2D eigenvalue weighted by Gasteiger charge is 2.17. The number of hydrogen-bond acceptors (Lipinski definition) is 2. The zero-order valence-electron chi connectivity index (χ0n) is 10.6. The van der Waals surface area contributed by atoms with Gasteiger partial charge in [0.15, 0.2) is 0 Å². The van der Waals surface area contributed by atoms with Crippen LogP contribution in [0.3, 0.4) is 0 Å². The first kappa shape index (κ1) is 14.6. The second kappa shape index (κ2) is 7.06. The van der Waals surface area contributed by atoms with E-state index < -0.39 is 17.7 Å². The van der Waals surface area contributed by atoms with E-state index in [1.165, 1.54) is 18.2 Å². The van der Waals surface area contributed by atoms with Gasteiger partial charge < -0.3 is 10.6 Å². The zero-order chi connectivity index (χ0) is 13.5. The van der Waals surface area contributed by atoms with E-state index in [9.17, 15) is 13.6 Å². The SMILES string of the molecule is CNCCCC(=O)NC(C)c1c(F)cccc1F. The van der Waals surface area contributed by atoms with Gasteiger partial charge in [0.2, 0.25) is 5.91 Å². The molecule has 100 valence electrons. The van der Waals surface area contributed by atoms with Gasteiger partial charge in [-0.15, -0.1) is 0 Å². The van der Waals surface area contributed by atoms with E-state index in [2.05, 4.69) is 10.6 Å². The molecular formula is C13H18F2N2O. The second-order valence-corrected chi connectivity index (χ2v) is 4.13. The molecule has 1 unspecified atom stereocenters. The maximum atomic E-state index is 13.5. The highest BCUT2D eigenvalue weighted by molar-refractivity contribution is 5.76. The molecule has 2 N–H and O–H groups in total. The molecule has 1 rings (SSSR count). The Kier molecular flexibility index (Phi) is 5.71. The summed E-state index contributed by atoms with van der Waals surface area (Å²) in [5.41, 5.74) is -0.0977. The third-order valence-electron chi connectivity index (χ3n) is 2.64. The molecule has 0 fully saturated rings. The van der Waals surface area contributed by atoms with E-state index in [1.807, 2.05) is 0 Å². The summed E-state index contributed by atoms with van der Waals surface area (Å²) in [6.45, 7) is 2.30. The van der Waals surface area contributed by atoms with Crippen molar-refractivity contribution >= 4 is 5.91 Å². The third-order valence-corrected chi connectivity index (χ3v) is 2.64. The van der Waals surface area contributed by atoms with Crippen molar-refractivity contribution in [1.29, 1.82) is 0 Å². The molecule has 0 saturated carbocycles. The van der Waals surface area contributed by atoms with Crippen LogP contribution >= 0.6 is 0 Å². The molecule has 0 bridgehead atoms. The molecule has 18 heavy (non-hydrogen) atoms. The van der Waals surface area contributed by atoms with Crippen molar-refractivity contribution in [3.05, 3.63) is 35.4 Å². The normalized spacial score (nSPS) is 12.2. The molecule has 0 aliphatic carbocycles. The predicted molar refractivity (Wildman–Crippen MR) is 66.1 cm³/mol. The fourth-order valence-electron chi connectivity index (χ4n) is 1.74. The molecule has 0 aliphatic rings. The molecule has 3 nitrogen and oxygen atoms in total. The lowest BCUT2D eigenvalue weighted by atomic mass is 10.1. The highest BCUT2D eigenvalue weighted by Crippen LogP contribution is 2.20. The average molecular weight is 256 g/mol. The topological polar surface area (TPSA) is 41.1 Å². The van der Waals surface area contributed by atoms with Crippen LogP contribution in [-0.2, 0) is 4.79 Å². The highest BCUT2D eigenvalue weighted by atomic mass is 19.1. The van der Waals surface area contributed by atoms with Gasteiger partial charge in [0, 0.05) is 12.0 Å². The molecule has 0 aliphatic heterocycles. The summed E-state index contributed by atoms with van der Waals surface area (Å²) in [6, 6.07) is 2.99. The van der Waals surface area contributed by atoms with Crippen molar-refractivity contribution in [3.63, 3.8) is 0 Å². The molecule has 1 aromatic rings. The van der Waals surface area contributed by atoms with E-state index in [0.29, 0.717) is 12.8 Å². The Labute approximate surface area is 106 Å². The molecule has 0 radical (unpaired) electrons. The number of carbonyl (C=O) groups excluding carboxylic acids is 1. The molecule has 0 spiro atoms. The standard InChI is InChI=1S/C13H18F2N2O/c1-9(17-12(18)7-4-8-16-2)13-10(14)5-3-6-11(13)15/h3,5-6,9,16H,4,7-8H2,1-2H3,(H,17,18). The van der Waals surface area contributed by atoms with Gasteiger partial charge in [-0.2, -0.15) is 0 Å². The molecule has 5 heteroatoms. The van der Waals surface area contributed by atoms with Gasteiger partial charge in [-0.3, -0.25) is 4.79 Å². The Morgan fingerprint density at radius 3 is 2.50 bits per heavy atom. The molecular weight excluding hydrogens is 238 g/mol. The van der Waals surface area contributed by atoms with Crippen molar-refractivity contribution in [2.75, 3.05) is 13.6 Å². The fourth-order valence-corrected chi connectivity index (χ4v) is 1.74. The number of hydrogen-bond donors (Lipinski definition) is 2. The quantitative estimate of drug-likeness (QED) is 0.766. The Morgan fingerprint density at radius 1 is 1.33 bits per heavy atom. The molecule has 0 aromatic heterocycles. The first-order valence-electron chi connectivity index (χ1n) is 5.94. The lowest BCUT2D eigenvalue weighted by Crippen LogP contribution is -2.28. The van der Waals surface area contributed by atoms with Crippen LogP contribution in [0.25, 0.3) is 0 Å². The molecule has 1 atom stereocenters. The van der Waals surface area contributed by atoms with Gasteiger partial charge in [0.05, 0.1) is 6.04 Å². The number of halogens is 2. The predicted octanol–water partition coefficient (Wildman–Crippen LogP) is 2.14. The van der Waals surface area contributed by atoms with Crippen LogP contribution < -0.4 is 10.6 Å². The maximum absolute atomic E-state index is 13.5. The number of nitrogens with one attached hydrogen (secondary N) is 2. The van der Waals surface area contributed by atoms with E-state index >= 15 is 0 Å². The molecule has 1 amide bonds. The van der Waals surface area contributed by atoms with Crippen LogP contribution in [-0.4, -0.2) is 19.5 Å². The minimum absolute atomic E-state index is 0.0977. The number of benzene rings is 1. The molecule has 1 aromatic carbocycles. The lowest BCUT2D eigenvalue weighted by molar-refractivity contribution is -0.121. The van der Waals surface area contributed by atoms with Crippen LogP contribution in [0.2, 0.25) is 0 Å². The van der Waals surface area contributed by atoms with Gasteiger partial charge in [-0.25, -0.2) is 8.78 Å². The Hall–Kier alpha value is -1.49. The average Bonchev–Trinajstić information content (AvgIpc) is 2.29. The lowest BCUT2D eigenvalue weighted by Gasteiger charge is -2.15. The minimum atomic E-state index is -0.673. The fraction of sp³-hybridized carbons (Fsp3) is 0.462. The van der Waals surface area contributed by atoms with Gasteiger partial charge in [0.1, 0.15) is 11.6 Å². The summed E-state index contributed by atoms with van der Waals surface area (Å²) in [6.07, 6.45) is 1.02. The van der Waals surface area contributed by atoms with E-state index in [1.54, 1.807) is 14.0 Å². The summed E-state index contributed by atoms with van der Waals surface area (Å²) in [7, 11) is 1.80. The number of rotatable bonds is 6. The Morgan fingerprint density at radius 2 is 1.94 bits per heavy atom. The Bertz CT molecular complexity index is 390. The summed E-state index contributed by atoms with van der Waals surface area (Å²) >= 11 is 0.